The highest BCUT2D eigenvalue weighted by molar-refractivity contribution is 5.78. The standard InChI is InChI=1S/C20H24FN3O/c21-18-6-1-4-16(12-18)14-20(25)24-9-3-8-23(10-11-24)15-17-5-2-7-19(22)13-17/h1-2,4-7,12-13H,3,8-11,14-15,22H2. The van der Waals surface area contributed by atoms with E-state index in [4.69, 9.17) is 5.73 Å². The zero-order valence-corrected chi connectivity index (χ0v) is 14.3. The number of amides is 1. The summed E-state index contributed by atoms with van der Waals surface area (Å²) in [6, 6.07) is 14.2. The van der Waals surface area contributed by atoms with Gasteiger partial charge in [-0.25, -0.2) is 4.39 Å². The quantitative estimate of drug-likeness (QED) is 0.870. The summed E-state index contributed by atoms with van der Waals surface area (Å²) in [6.07, 6.45) is 1.20. The summed E-state index contributed by atoms with van der Waals surface area (Å²) >= 11 is 0. The van der Waals surface area contributed by atoms with E-state index in [0.29, 0.717) is 6.54 Å². The van der Waals surface area contributed by atoms with Crippen molar-refractivity contribution < 1.29 is 9.18 Å². The third-order valence-electron chi connectivity index (χ3n) is 4.54. The van der Waals surface area contributed by atoms with Crippen molar-refractivity contribution in [2.24, 2.45) is 0 Å². The number of nitrogen functional groups attached to an aromatic ring is 1. The Morgan fingerprint density at radius 1 is 1.00 bits per heavy atom. The van der Waals surface area contributed by atoms with Gasteiger partial charge in [-0.05, 0) is 41.8 Å². The third kappa shape index (κ3) is 5.03. The van der Waals surface area contributed by atoms with Crippen molar-refractivity contribution in [1.82, 2.24) is 9.80 Å². The molecule has 1 amide bonds. The predicted octanol–water partition coefficient (Wildman–Crippen LogP) is 2.68. The third-order valence-corrected chi connectivity index (χ3v) is 4.54. The molecule has 2 N–H and O–H groups in total. The van der Waals surface area contributed by atoms with Gasteiger partial charge in [0, 0.05) is 38.4 Å². The topological polar surface area (TPSA) is 49.6 Å². The van der Waals surface area contributed by atoms with E-state index in [9.17, 15) is 9.18 Å². The van der Waals surface area contributed by atoms with Gasteiger partial charge >= 0.3 is 0 Å². The summed E-state index contributed by atoms with van der Waals surface area (Å²) in [5, 5.41) is 0. The van der Waals surface area contributed by atoms with Crippen LogP contribution in [-0.4, -0.2) is 41.9 Å². The van der Waals surface area contributed by atoms with E-state index in [0.717, 1.165) is 43.9 Å². The molecule has 1 aliphatic rings. The first-order valence-corrected chi connectivity index (χ1v) is 8.69. The Bertz CT molecular complexity index is 734. The molecule has 132 valence electrons. The number of hydrogen-bond donors (Lipinski definition) is 1. The molecule has 0 unspecified atom stereocenters. The molecule has 2 aromatic rings. The van der Waals surface area contributed by atoms with E-state index in [2.05, 4.69) is 11.0 Å². The van der Waals surface area contributed by atoms with Gasteiger partial charge in [-0.15, -0.1) is 0 Å². The van der Waals surface area contributed by atoms with Gasteiger partial charge in [-0.1, -0.05) is 24.3 Å². The van der Waals surface area contributed by atoms with Gasteiger partial charge in [0.2, 0.25) is 5.91 Å². The van der Waals surface area contributed by atoms with Crippen LogP contribution in [0.25, 0.3) is 0 Å². The van der Waals surface area contributed by atoms with E-state index in [1.54, 1.807) is 12.1 Å². The molecule has 1 aliphatic heterocycles. The van der Waals surface area contributed by atoms with Gasteiger partial charge in [0.25, 0.3) is 0 Å². The molecule has 3 rings (SSSR count). The second kappa shape index (κ2) is 8.12. The van der Waals surface area contributed by atoms with Crippen LogP contribution in [0.2, 0.25) is 0 Å². The van der Waals surface area contributed by atoms with Gasteiger partial charge in [-0.3, -0.25) is 9.69 Å². The highest BCUT2D eigenvalue weighted by Crippen LogP contribution is 2.13. The Balaban J connectivity index is 1.55. The summed E-state index contributed by atoms with van der Waals surface area (Å²) in [4.78, 5) is 16.8. The van der Waals surface area contributed by atoms with E-state index < -0.39 is 0 Å². The summed E-state index contributed by atoms with van der Waals surface area (Å²) in [5.41, 5.74) is 8.54. The monoisotopic (exact) mass is 341 g/mol. The number of hydrogen-bond acceptors (Lipinski definition) is 3. The van der Waals surface area contributed by atoms with E-state index in [1.165, 1.54) is 17.7 Å². The number of rotatable bonds is 4. The van der Waals surface area contributed by atoms with Crippen molar-refractivity contribution in [2.75, 3.05) is 31.9 Å². The highest BCUT2D eigenvalue weighted by Gasteiger charge is 2.19. The summed E-state index contributed by atoms with van der Waals surface area (Å²) < 4.78 is 13.3. The first-order valence-electron chi connectivity index (χ1n) is 8.69. The minimum Gasteiger partial charge on any atom is -0.399 e. The second-order valence-corrected chi connectivity index (χ2v) is 6.56. The molecule has 0 saturated carbocycles. The smallest absolute Gasteiger partial charge is 0.227 e. The van der Waals surface area contributed by atoms with E-state index in [1.807, 2.05) is 23.1 Å². The van der Waals surface area contributed by atoms with Gasteiger partial charge in [0.15, 0.2) is 0 Å². The number of benzene rings is 2. The van der Waals surface area contributed by atoms with Crippen LogP contribution in [0.15, 0.2) is 48.5 Å². The molecule has 5 heteroatoms. The first-order chi connectivity index (χ1) is 12.1. The van der Waals surface area contributed by atoms with E-state index in [-0.39, 0.29) is 18.1 Å². The molecule has 2 aromatic carbocycles. The van der Waals surface area contributed by atoms with Crippen LogP contribution in [0.5, 0.6) is 0 Å². The summed E-state index contributed by atoms with van der Waals surface area (Å²) in [7, 11) is 0. The van der Waals surface area contributed by atoms with Crippen molar-refractivity contribution in [3.05, 3.63) is 65.5 Å². The lowest BCUT2D eigenvalue weighted by atomic mass is 10.1. The van der Waals surface area contributed by atoms with Crippen molar-refractivity contribution >= 4 is 11.6 Å². The summed E-state index contributed by atoms with van der Waals surface area (Å²) in [6.45, 7) is 4.09. The number of nitrogens with zero attached hydrogens (tertiary/aromatic N) is 2. The lowest BCUT2D eigenvalue weighted by Gasteiger charge is -2.22. The molecule has 0 aromatic heterocycles. The van der Waals surface area contributed by atoms with E-state index >= 15 is 0 Å². The fourth-order valence-electron chi connectivity index (χ4n) is 3.26. The Morgan fingerprint density at radius 2 is 1.80 bits per heavy atom. The zero-order chi connectivity index (χ0) is 17.6. The number of carbonyl (C=O) groups excluding carboxylic acids is 1. The Morgan fingerprint density at radius 3 is 2.60 bits per heavy atom. The fourth-order valence-corrected chi connectivity index (χ4v) is 3.26. The molecule has 4 nitrogen and oxygen atoms in total. The van der Waals surface area contributed by atoms with Crippen LogP contribution in [0, 0.1) is 5.82 Å². The Hall–Kier alpha value is -2.40. The SMILES string of the molecule is Nc1cccc(CN2CCCN(C(=O)Cc3cccc(F)c3)CC2)c1. The molecule has 0 bridgehead atoms. The fraction of sp³-hybridized carbons (Fsp3) is 0.350. The molecule has 0 atom stereocenters. The summed E-state index contributed by atoms with van der Waals surface area (Å²) in [5.74, 6) is -0.231. The maximum Gasteiger partial charge on any atom is 0.227 e. The Labute approximate surface area is 148 Å². The maximum absolute atomic E-state index is 13.3. The molecule has 1 saturated heterocycles. The second-order valence-electron chi connectivity index (χ2n) is 6.56. The van der Waals surface area contributed by atoms with Crippen LogP contribution in [0.3, 0.4) is 0 Å². The highest BCUT2D eigenvalue weighted by atomic mass is 19.1. The molecule has 25 heavy (non-hydrogen) atoms. The van der Waals surface area contributed by atoms with Crippen LogP contribution >= 0.6 is 0 Å². The Kier molecular flexibility index (Phi) is 5.66. The lowest BCUT2D eigenvalue weighted by molar-refractivity contribution is -0.130. The number of anilines is 1. The lowest BCUT2D eigenvalue weighted by Crippen LogP contribution is -2.36. The molecular weight excluding hydrogens is 317 g/mol. The number of nitrogens with two attached hydrogens (primary N) is 1. The van der Waals surface area contributed by atoms with Crippen LogP contribution < -0.4 is 5.73 Å². The molecule has 1 heterocycles. The van der Waals surface area contributed by atoms with Crippen LogP contribution in [0.1, 0.15) is 17.5 Å². The largest absolute Gasteiger partial charge is 0.399 e. The first kappa shape index (κ1) is 17.4. The maximum atomic E-state index is 13.3. The molecule has 0 radical (unpaired) electrons. The predicted molar refractivity (Wildman–Crippen MR) is 97.4 cm³/mol. The number of carbonyl (C=O) groups is 1. The van der Waals surface area contributed by atoms with Crippen LogP contribution in [0.4, 0.5) is 10.1 Å². The average molecular weight is 341 g/mol. The molecular formula is C20H24FN3O. The zero-order valence-electron chi connectivity index (χ0n) is 14.3. The molecule has 0 spiro atoms. The normalized spacial score (nSPS) is 15.8. The van der Waals surface area contributed by atoms with Gasteiger partial charge in [0.1, 0.15) is 5.82 Å². The number of halogens is 1. The molecule has 1 fully saturated rings. The minimum absolute atomic E-state index is 0.0661. The van der Waals surface area contributed by atoms with Crippen LogP contribution in [-0.2, 0) is 17.8 Å². The van der Waals surface area contributed by atoms with Gasteiger partial charge < -0.3 is 10.6 Å². The minimum atomic E-state index is -0.297. The van der Waals surface area contributed by atoms with Crippen molar-refractivity contribution in [1.29, 1.82) is 0 Å². The van der Waals surface area contributed by atoms with Crippen molar-refractivity contribution in [3.63, 3.8) is 0 Å². The average Bonchev–Trinajstić information content (AvgIpc) is 2.80. The van der Waals surface area contributed by atoms with Crippen molar-refractivity contribution in [2.45, 2.75) is 19.4 Å². The molecule has 0 aliphatic carbocycles. The van der Waals surface area contributed by atoms with Crippen molar-refractivity contribution in [3.8, 4) is 0 Å². The van der Waals surface area contributed by atoms with Gasteiger partial charge in [0.05, 0.1) is 6.42 Å². The van der Waals surface area contributed by atoms with Gasteiger partial charge in [-0.2, -0.15) is 0 Å².